The van der Waals surface area contributed by atoms with E-state index in [1.165, 1.54) is 0 Å². The van der Waals surface area contributed by atoms with E-state index in [-0.39, 0.29) is 88.4 Å². The number of hydrogen-bond acceptors (Lipinski definition) is 14. The van der Waals surface area contributed by atoms with Gasteiger partial charge in [0.2, 0.25) is 6.54 Å². The minimum Gasteiger partial charge on any atom is -0.408 e. The van der Waals surface area contributed by atoms with Crippen molar-refractivity contribution in [2.24, 2.45) is 17.8 Å². The molecule has 8 saturated heterocycles. The molecule has 0 radical (unpaired) electrons. The molecule has 18 heteroatoms. The second kappa shape index (κ2) is 21.8. The summed E-state index contributed by atoms with van der Waals surface area (Å²) in [5, 5.41) is 20.4. The van der Waals surface area contributed by atoms with Crippen molar-refractivity contribution in [2.45, 2.75) is 256 Å². The summed E-state index contributed by atoms with van der Waals surface area (Å²) >= 11 is 0. The summed E-state index contributed by atoms with van der Waals surface area (Å²) in [6.07, 6.45) is -0.958. The van der Waals surface area contributed by atoms with E-state index < -0.39 is 48.4 Å². The van der Waals surface area contributed by atoms with Crippen LogP contribution in [0, 0.1) is 24.3 Å². The lowest BCUT2D eigenvalue weighted by Crippen LogP contribution is -2.55. The number of fused-ring (bicyclic) bond motifs is 8. The van der Waals surface area contributed by atoms with Gasteiger partial charge in [0.1, 0.15) is 77.8 Å². The zero-order chi connectivity index (χ0) is 52.2. The molecule has 8 bridgehead atoms. The van der Waals surface area contributed by atoms with E-state index in [4.69, 9.17) is 62.4 Å². The van der Waals surface area contributed by atoms with E-state index in [1.807, 2.05) is 27.4 Å². The van der Waals surface area contributed by atoms with Crippen molar-refractivity contribution in [1.82, 2.24) is 0 Å². The van der Waals surface area contributed by atoms with E-state index in [0.29, 0.717) is 57.3 Å². The molecule has 0 aromatic heterocycles. The van der Waals surface area contributed by atoms with Gasteiger partial charge in [-0.15, -0.1) is 0 Å². The van der Waals surface area contributed by atoms with Gasteiger partial charge in [0.25, 0.3) is 0 Å². The molecule has 8 heterocycles. The minimum absolute atomic E-state index is 0.00295. The Hall–Kier alpha value is -0.206. The van der Waals surface area contributed by atoms with Crippen molar-refractivity contribution in [2.75, 3.05) is 46.2 Å². The maximum atomic E-state index is 10.1. The minimum atomic E-state index is -1.91. The van der Waals surface area contributed by atoms with Gasteiger partial charge in [0.05, 0.1) is 56.9 Å². The molecular formula is C51H96NO14PSi2. The Morgan fingerprint density at radius 1 is 0.594 bits per heavy atom. The zero-order valence-electron chi connectivity index (χ0n) is 46.7. The summed E-state index contributed by atoms with van der Waals surface area (Å²) in [4.78, 5) is 3.27. The number of hydrogen-bond donors (Lipinski definition) is 2. The summed E-state index contributed by atoms with van der Waals surface area (Å²) in [6.45, 7) is 57.0. The van der Waals surface area contributed by atoms with Crippen LogP contribution in [-0.4, -0.2) is 175 Å². The lowest BCUT2D eigenvalue weighted by Gasteiger charge is -2.42. The molecule has 0 spiro atoms. The highest BCUT2D eigenvalue weighted by Crippen LogP contribution is 2.53. The van der Waals surface area contributed by atoms with Gasteiger partial charge in [-0.1, -0.05) is 83.1 Å². The molecule has 0 amide bonds. The van der Waals surface area contributed by atoms with Crippen LogP contribution in [0.4, 0.5) is 0 Å². The van der Waals surface area contributed by atoms with E-state index in [2.05, 4.69) is 121 Å². The van der Waals surface area contributed by atoms with E-state index >= 15 is 0 Å². The molecular weight excluding hydrogens is 938 g/mol. The Kier molecular flexibility index (Phi) is 18.8. The monoisotopic (exact) mass is 1030 g/mol. The molecule has 0 aliphatic carbocycles. The second-order valence-corrected chi connectivity index (χ2v) is 35.9. The van der Waals surface area contributed by atoms with Crippen LogP contribution in [0.25, 0.3) is 4.85 Å². The third kappa shape index (κ3) is 11.4. The lowest BCUT2D eigenvalue weighted by atomic mass is 9.87. The summed E-state index contributed by atoms with van der Waals surface area (Å²) < 4.78 is 72.0. The van der Waals surface area contributed by atoms with Crippen LogP contribution >= 0.6 is 8.38 Å². The first-order valence-electron chi connectivity index (χ1n) is 25.9. The van der Waals surface area contributed by atoms with E-state index in [0.717, 1.165) is 0 Å². The molecule has 2 N–H and O–H groups in total. The molecule has 8 aliphatic rings. The zero-order valence-corrected chi connectivity index (χ0v) is 49.6. The van der Waals surface area contributed by atoms with Crippen LogP contribution in [0.3, 0.4) is 0 Å². The van der Waals surface area contributed by atoms with Crippen LogP contribution < -0.4 is 0 Å². The summed E-state index contributed by atoms with van der Waals surface area (Å²) in [5.41, 5.74) is -1.69. The van der Waals surface area contributed by atoms with Gasteiger partial charge in [-0.3, -0.25) is 0 Å². The highest BCUT2D eigenvalue weighted by Gasteiger charge is 2.67. The van der Waals surface area contributed by atoms with Crippen LogP contribution in [-0.2, 0) is 55.8 Å². The van der Waals surface area contributed by atoms with Crippen LogP contribution in [0.15, 0.2) is 0 Å². The van der Waals surface area contributed by atoms with Crippen molar-refractivity contribution in [3.8, 4) is 0 Å². The third-order valence-electron chi connectivity index (χ3n) is 17.5. The van der Waals surface area contributed by atoms with Gasteiger partial charge in [0, 0.05) is 6.66 Å². The van der Waals surface area contributed by atoms with Crippen molar-refractivity contribution >= 4 is 25.0 Å². The van der Waals surface area contributed by atoms with Crippen molar-refractivity contribution in [1.29, 1.82) is 0 Å². The topological polar surface area (TPSA) is 156 Å². The Morgan fingerprint density at radius 3 is 1.26 bits per heavy atom. The molecule has 2 unspecified atom stereocenters. The van der Waals surface area contributed by atoms with Crippen LogP contribution in [0.2, 0.25) is 36.3 Å². The molecule has 402 valence electrons. The number of rotatable bonds is 13. The molecule has 0 saturated carbocycles. The maximum absolute atomic E-state index is 10.1. The van der Waals surface area contributed by atoms with Crippen molar-refractivity contribution in [3.63, 3.8) is 0 Å². The number of aliphatic hydroxyl groups is 2. The molecule has 18 atom stereocenters. The van der Waals surface area contributed by atoms with Gasteiger partial charge in [-0.25, -0.2) is 6.57 Å². The molecule has 8 aliphatic heterocycles. The summed E-state index contributed by atoms with van der Waals surface area (Å²) in [7, 11) is -4.70. The molecule has 15 nitrogen and oxygen atoms in total. The van der Waals surface area contributed by atoms with E-state index in [9.17, 15) is 10.2 Å². The second-order valence-electron chi connectivity index (χ2n) is 25.1. The number of nitrogens with zero attached hydrogens (tertiary/aromatic N) is 1. The van der Waals surface area contributed by atoms with Gasteiger partial charge < -0.3 is 70.9 Å². The normalized spacial score (nSPS) is 41.8. The van der Waals surface area contributed by atoms with Gasteiger partial charge in [-0.05, 0) is 88.6 Å². The average molecular weight is 1030 g/mol. The Morgan fingerprint density at radius 2 is 0.928 bits per heavy atom. The molecule has 0 aromatic carbocycles. The van der Waals surface area contributed by atoms with Crippen LogP contribution in [0.1, 0.15) is 118 Å². The quantitative estimate of drug-likeness (QED) is 0.0781. The first kappa shape index (κ1) is 59.7. The standard InChI is InChI=1S/C15H30O3Si.C14H28O4Si.C13H22NO4P.C9H16O3/c1-10(2)15-9-16-12(11(3)17-15)13(15)18-19(7,8)14(4,5)6;1-9-11-12(18-19(6,7)13(3,4)5)14(17-9,8-16-11)10(2)15;1-9(2)13-8-15-11(10(3)17-13)12(13)18-19(5)16-7-6-14-4;1-5(2)9-4-11-7(8(9)10)6(3)12-9/h10-13H,9H2,1-8H3;9-12,15H,8H2,1-7H3;9-12H,6-8H2,1-3,5H3;5-8,10H,4H2,1-3H3/t11-,12-,13+,15+;9-,10?,11-,12+,14+;10-,11-,12-,13+,19?;6-,7-,8-,9+/m0000/s1. The van der Waals surface area contributed by atoms with Crippen molar-refractivity contribution in [3.05, 3.63) is 11.4 Å². The highest BCUT2D eigenvalue weighted by molar-refractivity contribution is 7.46. The predicted molar refractivity (Wildman–Crippen MR) is 274 cm³/mol. The summed E-state index contributed by atoms with van der Waals surface area (Å²) in [6, 6.07) is 0. The molecule has 69 heavy (non-hydrogen) atoms. The first-order valence-corrected chi connectivity index (χ1v) is 33.3. The highest BCUT2D eigenvalue weighted by atomic mass is 31.2. The van der Waals surface area contributed by atoms with E-state index in [1.54, 1.807) is 6.92 Å². The Bertz CT molecular complexity index is 1670. The smallest absolute Gasteiger partial charge is 0.238 e. The third-order valence-corrected chi connectivity index (χ3v) is 27.4. The number of aliphatic hydroxyl groups excluding tert-OH is 2. The largest absolute Gasteiger partial charge is 0.408 e. The lowest BCUT2D eigenvalue weighted by molar-refractivity contribution is -0.178. The van der Waals surface area contributed by atoms with Gasteiger partial charge >= 0.3 is 0 Å². The fourth-order valence-corrected chi connectivity index (χ4v) is 14.2. The average Bonchev–Trinajstić information content (AvgIpc) is 4.11. The molecule has 0 aromatic rings. The number of ether oxygens (including phenoxy) is 8. The SMILES string of the molecule is CC(C)[C@@]12CO[C@@H]([C@H](C)O1)[C@@H]2O.CC(C)[C@@]12CO[C@@H]([C@H](C)O1)[C@H]2O[Si](C)(C)C(C)(C)C.CC(O)[C@@]12CO[C@@H]([C@H](C)O1)[C@H]2O[Si](C)(C)C(C)(C)C.[C-]#[N+]CCOP(C)O[C@H]1[C@H]2OC[C@]1(C(C)C)O[C@H]2C. The predicted octanol–water partition coefficient (Wildman–Crippen LogP) is 8.92. The van der Waals surface area contributed by atoms with Crippen molar-refractivity contribution < 1.29 is 66.0 Å². The Balaban J connectivity index is 0.000000174. The fourth-order valence-electron chi connectivity index (χ4n) is 10.5. The fraction of sp³-hybridized carbons (Fsp3) is 0.980. The molecule has 8 fully saturated rings. The van der Waals surface area contributed by atoms with Crippen LogP contribution in [0.5, 0.6) is 0 Å². The first-order chi connectivity index (χ1) is 31.6. The van der Waals surface area contributed by atoms with Gasteiger partial charge in [0.15, 0.2) is 25.0 Å². The van der Waals surface area contributed by atoms with Gasteiger partial charge in [-0.2, -0.15) is 0 Å². The molecule has 8 rings (SSSR count). The Labute approximate surface area is 420 Å². The maximum Gasteiger partial charge on any atom is 0.238 e. The summed E-state index contributed by atoms with van der Waals surface area (Å²) in [5.74, 6) is 1.05.